The summed E-state index contributed by atoms with van der Waals surface area (Å²) >= 11 is 3.45. The standard InChI is InChI=1S/C14H22BrNO4/c1-13(12(18)19)4-3-10(14(13,2)9-15)11(17)16-5-7-20-8-6-16/h10H,3-9H2,1-2H3,(H,18,19)/t10-,13+,14-/m0/s1. The van der Waals surface area contributed by atoms with Crippen molar-refractivity contribution >= 4 is 27.8 Å². The van der Waals surface area contributed by atoms with Gasteiger partial charge in [0.25, 0.3) is 0 Å². The minimum absolute atomic E-state index is 0.0835. The highest BCUT2D eigenvalue weighted by molar-refractivity contribution is 9.09. The maximum Gasteiger partial charge on any atom is 0.309 e. The van der Waals surface area contributed by atoms with Crippen molar-refractivity contribution in [2.45, 2.75) is 26.7 Å². The van der Waals surface area contributed by atoms with Crippen LogP contribution in [0.4, 0.5) is 0 Å². The predicted molar refractivity (Wildman–Crippen MR) is 77.8 cm³/mol. The van der Waals surface area contributed by atoms with Crippen molar-refractivity contribution in [1.29, 1.82) is 0 Å². The molecule has 2 fully saturated rings. The Hall–Kier alpha value is -0.620. The second-order valence-corrected chi connectivity index (χ2v) is 6.78. The molecule has 20 heavy (non-hydrogen) atoms. The van der Waals surface area contributed by atoms with E-state index in [4.69, 9.17) is 4.74 Å². The van der Waals surface area contributed by atoms with E-state index >= 15 is 0 Å². The number of halogens is 1. The molecule has 0 aromatic heterocycles. The van der Waals surface area contributed by atoms with Gasteiger partial charge in [0.2, 0.25) is 5.91 Å². The van der Waals surface area contributed by atoms with E-state index in [2.05, 4.69) is 15.9 Å². The zero-order chi connectivity index (χ0) is 15.0. The Kier molecular flexibility index (Phi) is 4.44. The third-order valence-corrected chi connectivity index (χ3v) is 6.50. The van der Waals surface area contributed by atoms with E-state index < -0.39 is 16.8 Å². The van der Waals surface area contributed by atoms with Crippen LogP contribution in [0.15, 0.2) is 0 Å². The second-order valence-electron chi connectivity index (χ2n) is 6.22. The van der Waals surface area contributed by atoms with Gasteiger partial charge in [-0.25, -0.2) is 0 Å². The van der Waals surface area contributed by atoms with Crippen LogP contribution in [0.2, 0.25) is 0 Å². The van der Waals surface area contributed by atoms with Crippen LogP contribution in [-0.4, -0.2) is 53.5 Å². The Bertz CT molecular complexity index is 410. The van der Waals surface area contributed by atoms with Gasteiger partial charge in [0, 0.05) is 29.8 Å². The Morgan fingerprint density at radius 1 is 1.35 bits per heavy atom. The highest BCUT2D eigenvalue weighted by atomic mass is 79.9. The molecule has 2 rings (SSSR count). The number of amides is 1. The van der Waals surface area contributed by atoms with Crippen LogP contribution >= 0.6 is 15.9 Å². The molecule has 0 aromatic rings. The lowest BCUT2D eigenvalue weighted by Gasteiger charge is -2.41. The quantitative estimate of drug-likeness (QED) is 0.789. The number of carboxylic acids is 1. The van der Waals surface area contributed by atoms with Gasteiger partial charge in [-0.1, -0.05) is 22.9 Å². The predicted octanol–water partition coefficient (Wildman–Crippen LogP) is 1.75. The third-order valence-electron chi connectivity index (χ3n) is 5.33. The second kappa shape index (κ2) is 5.64. The maximum absolute atomic E-state index is 12.7. The van der Waals surface area contributed by atoms with Crippen molar-refractivity contribution in [1.82, 2.24) is 4.90 Å². The van der Waals surface area contributed by atoms with Gasteiger partial charge < -0.3 is 14.7 Å². The fourth-order valence-electron chi connectivity index (χ4n) is 3.41. The van der Waals surface area contributed by atoms with Crippen LogP contribution in [0.5, 0.6) is 0 Å². The van der Waals surface area contributed by atoms with Gasteiger partial charge in [0.15, 0.2) is 0 Å². The molecule has 1 aliphatic heterocycles. The lowest BCUT2D eigenvalue weighted by atomic mass is 9.65. The fourth-order valence-corrected chi connectivity index (χ4v) is 4.42. The molecule has 0 unspecified atom stereocenters. The SMILES string of the molecule is C[C@]1(CBr)[C@H](C(=O)N2CCOCC2)CC[C@]1(C)C(=O)O. The molecule has 0 spiro atoms. The summed E-state index contributed by atoms with van der Waals surface area (Å²) in [4.78, 5) is 26.2. The van der Waals surface area contributed by atoms with E-state index in [1.165, 1.54) is 0 Å². The van der Waals surface area contributed by atoms with E-state index in [1.807, 2.05) is 11.8 Å². The van der Waals surface area contributed by atoms with Crippen molar-refractivity contribution < 1.29 is 19.4 Å². The zero-order valence-electron chi connectivity index (χ0n) is 12.0. The first-order valence-electron chi connectivity index (χ1n) is 7.03. The summed E-state index contributed by atoms with van der Waals surface area (Å²) in [6.07, 6.45) is 1.19. The van der Waals surface area contributed by atoms with Crippen molar-refractivity contribution in [2.24, 2.45) is 16.7 Å². The van der Waals surface area contributed by atoms with Crippen LogP contribution in [0.25, 0.3) is 0 Å². The largest absolute Gasteiger partial charge is 0.481 e. The summed E-state index contributed by atoms with van der Waals surface area (Å²) in [6, 6.07) is 0. The summed E-state index contributed by atoms with van der Waals surface area (Å²) in [7, 11) is 0. The molecule has 1 saturated carbocycles. The van der Waals surface area contributed by atoms with E-state index in [0.717, 1.165) is 0 Å². The molecule has 1 saturated heterocycles. The normalized spacial score (nSPS) is 38.0. The highest BCUT2D eigenvalue weighted by Gasteiger charge is 2.60. The number of nitrogens with zero attached hydrogens (tertiary/aromatic N) is 1. The van der Waals surface area contributed by atoms with Gasteiger partial charge in [-0.05, 0) is 19.8 Å². The van der Waals surface area contributed by atoms with Gasteiger partial charge >= 0.3 is 5.97 Å². The van der Waals surface area contributed by atoms with Gasteiger partial charge in [-0.2, -0.15) is 0 Å². The third kappa shape index (κ3) is 2.26. The minimum Gasteiger partial charge on any atom is -0.481 e. The number of ether oxygens (including phenoxy) is 1. The van der Waals surface area contributed by atoms with E-state index in [1.54, 1.807) is 6.92 Å². The number of alkyl halides is 1. The highest BCUT2D eigenvalue weighted by Crippen LogP contribution is 2.57. The molecular formula is C14H22BrNO4. The Balaban J connectivity index is 2.24. The first-order valence-corrected chi connectivity index (χ1v) is 8.15. The molecule has 0 aromatic carbocycles. The number of aliphatic carboxylic acids is 1. The number of hydrogen-bond donors (Lipinski definition) is 1. The van der Waals surface area contributed by atoms with Crippen LogP contribution < -0.4 is 0 Å². The fraction of sp³-hybridized carbons (Fsp3) is 0.857. The van der Waals surface area contributed by atoms with Crippen LogP contribution in [0.1, 0.15) is 26.7 Å². The number of carboxylic acid groups (broad SMARTS) is 1. The smallest absolute Gasteiger partial charge is 0.309 e. The molecule has 0 bridgehead atoms. The molecule has 3 atom stereocenters. The van der Waals surface area contributed by atoms with E-state index in [0.29, 0.717) is 44.5 Å². The van der Waals surface area contributed by atoms with E-state index in [9.17, 15) is 14.7 Å². The molecule has 1 amide bonds. The summed E-state index contributed by atoms with van der Waals surface area (Å²) < 4.78 is 5.27. The molecule has 1 aliphatic carbocycles. The summed E-state index contributed by atoms with van der Waals surface area (Å²) in [6.45, 7) is 6.05. The van der Waals surface area contributed by atoms with Crippen LogP contribution in [0.3, 0.4) is 0 Å². The molecule has 114 valence electrons. The summed E-state index contributed by atoms with van der Waals surface area (Å²) in [5.74, 6) is -0.960. The molecule has 1 heterocycles. The van der Waals surface area contributed by atoms with Crippen molar-refractivity contribution in [3.8, 4) is 0 Å². The molecule has 6 heteroatoms. The average Bonchev–Trinajstić information content (AvgIpc) is 2.73. The number of hydrogen-bond acceptors (Lipinski definition) is 3. The number of rotatable bonds is 3. The Labute approximate surface area is 127 Å². The van der Waals surface area contributed by atoms with Crippen molar-refractivity contribution in [2.75, 3.05) is 31.6 Å². The number of morpholine rings is 1. The van der Waals surface area contributed by atoms with Crippen LogP contribution in [0, 0.1) is 16.7 Å². The van der Waals surface area contributed by atoms with Gasteiger partial charge in [0.1, 0.15) is 0 Å². The minimum atomic E-state index is -0.858. The average molecular weight is 348 g/mol. The summed E-state index contributed by atoms with van der Waals surface area (Å²) in [5.41, 5.74) is -1.42. The van der Waals surface area contributed by atoms with Crippen molar-refractivity contribution in [3.05, 3.63) is 0 Å². The van der Waals surface area contributed by atoms with Gasteiger partial charge in [-0.3, -0.25) is 9.59 Å². The first-order chi connectivity index (χ1) is 9.37. The van der Waals surface area contributed by atoms with Crippen LogP contribution in [-0.2, 0) is 14.3 Å². The maximum atomic E-state index is 12.7. The molecule has 0 radical (unpaired) electrons. The lowest BCUT2D eigenvalue weighted by molar-refractivity contribution is -0.156. The Morgan fingerprint density at radius 2 is 1.95 bits per heavy atom. The molecule has 1 N–H and O–H groups in total. The number of carbonyl (C=O) groups is 2. The van der Waals surface area contributed by atoms with E-state index in [-0.39, 0.29) is 11.8 Å². The topological polar surface area (TPSA) is 66.8 Å². The molecule has 5 nitrogen and oxygen atoms in total. The van der Waals surface area contributed by atoms with Gasteiger partial charge in [-0.15, -0.1) is 0 Å². The van der Waals surface area contributed by atoms with Crippen molar-refractivity contribution in [3.63, 3.8) is 0 Å². The molecular weight excluding hydrogens is 326 g/mol. The van der Waals surface area contributed by atoms with Gasteiger partial charge in [0.05, 0.1) is 18.6 Å². The number of carbonyl (C=O) groups excluding carboxylic acids is 1. The first kappa shape index (κ1) is 15.8. The monoisotopic (exact) mass is 347 g/mol. The molecule has 2 aliphatic rings. The Morgan fingerprint density at radius 3 is 2.45 bits per heavy atom. The lowest BCUT2D eigenvalue weighted by Crippen LogP contribution is -2.51. The summed E-state index contributed by atoms with van der Waals surface area (Å²) in [5, 5.41) is 10.1. The zero-order valence-corrected chi connectivity index (χ0v) is 13.6.